The Labute approximate surface area is 319 Å². The number of benzene rings is 7. The first-order valence-corrected chi connectivity index (χ1v) is 18.1. The summed E-state index contributed by atoms with van der Waals surface area (Å²) in [5.41, 5.74) is 8.09. The SMILES string of the molecule is Fc1cccc(-n2c(-c3cc(-c4nc(-c5ccccc5)nc(-c5ccccc5)n4)cc(-c4nc5ccccc5n4-c4cccc(F)c4)c3)nc3ccccc32)c1. The third kappa shape index (κ3) is 5.97. The van der Waals surface area contributed by atoms with Crippen LogP contribution in [0.1, 0.15) is 0 Å². The van der Waals surface area contributed by atoms with Gasteiger partial charge in [0.2, 0.25) is 0 Å². The van der Waals surface area contributed by atoms with Crippen LogP contribution in [0, 0.1) is 11.6 Å². The Balaban J connectivity index is 1.29. The maximum atomic E-state index is 14.9. The van der Waals surface area contributed by atoms with Gasteiger partial charge in [-0.3, -0.25) is 9.13 Å². The number of imidazole rings is 2. The molecule has 56 heavy (non-hydrogen) atoms. The zero-order valence-electron chi connectivity index (χ0n) is 29.6. The fourth-order valence-electron chi connectivity index (χ4n) is 7.14. The van der Waals surface area contributed by atoms with Crippen LogP contribution in [0.3, 0.4) is 0 Å². The quantitative estimate of drug-likeness (QED) is 0.163. The maximum absolute atomic E-state index is 14.9. The number of rotatable bonds is 7. The lowest BCUT2D eigenvalue weighted by molar-refractivity contribution is 0.626. The molecule has 0 aliphatic rings. The monoisotopic (exact) mass is 729 g/mol. The van der Waals surface area contributed by atoms with Crippen LogP contribution in [-0.4, -0.2) is 34.1 Å². The normalized spacial score (nSPS) is 11.4. The Morgan fingerprint density at radius 1 is 0.321 bits per heavy atom. The second-order valence-electron chi connectivity index (χ2n) is 13.3. The predicted octanol–water partition coefficient (Wildman–Crippen LogP) is 11.2. The topological polar surface area (TPSA) is 74.3 Å². The van der Waals surface area contributed by atoms with Crippen molar-refractivity contribution in [3.05, 3.63) is 188 Å². The molecule has 0 aliphatic carbocycles. The van der Waals surface area contributed by atoms with Crippen LogP contribution >= 0.6 is 0 Å². The molecule has 0 amide bonds. The lowest BCUT2D eigenvalue weighted by Gasteiger charge is -2.15. The highest BCUT2D eigenvalue weighted by Gasteiger charge is 2.22. The molecule has 0 unspecified atom stereocenters. The summed E-state index contributed by atoms with van der Waals surface area (Å²) in [6.45, 7) is 0. The fraction of sp³-hybridized carbons (Fsp3) is 0. The van der Waals surface area contributed by atoms with Gasteiger partial charge in [0.05, 0.1) is 33.4 Å². The van der Waals surface area contributed by atoms with Gasteiger partial charge in [-0.2, -0.15) is 0 Å². The van der Waals surface area contributed by atoms with Crippen LogP contribution in [0.25, 0.3) is 90.4 Å². The van der Waals surface area contributed by atoms with Gasteiger partial charge in [-0.25, -0.2) is 33.7 Å². The van der Waals surface area contributed by atoms with Crippen LogP contribution < -0.4 is 0 Å². The number of aromatic nitrogens is 7. The molecule has 0 saturated carbocycles. The zero-order valence-corrected chi connectivity index (χ0v) is 29.6. The Morgan fingerprint density at radius 2 is 0.714 bits per heavy atom. The van der Waals surface area contributed by atoms with Crippen molar-refractivity contribution in [2.75, 3.05) is 0 Å². The molecule has 3 heterocycles. The minimum atomic E-state index is -0.364. The number of nitrogens with zero attached hydrogens (tertiary/aromatic N) is 7. The number of para-hydroxylation sites is 4. The largest absolute Gasteiger partial charge is 0.292 e. The van der Waals surface area contributed by atoms with Gasteiger partial charge in [-0.05, 0) is 78.9 Å². The third-order valence-corrected chi connectivity index (χ3v) is 9.66. The van der Waals surface area contributed by atoms with E-state index < -0.39 is 0 Å². The van der Waals surface area contributed by atoms with Crippen molar-refractivity contribution >= 4 is 22.1 Å². The van der Waals surface area contributed by atoms with Crippen molar-refractivity contribution in [1.29, 1.82) is 0 Å². The minimum absolute atomic E-state index is 0.364. The molecule has 0 saturated heterocycles. The minimum Gasteiger partial charge on any atom is -0.292 e. The van der Waals surface area contributed by atoms with Gasteiger partial charge in [-0.15, -0.1) is 0 Å². The molecule has 7 aromatic carbocycles. The molecular weight excluding hydrogens is 701 g/mol. The van der Waals surface area contributed by atoms with Crippen molar-refractivity contribution in [1.82, 2.24) is 34.1 Å². The summed E-state index contributed by atoms with van der Waals surface area (Å²) in [5.74, 6) is 1.89. The molecule has 0 spiro atoms. The van der Waals surface area contributed by atoms with E-state index in [-0.39, 0.29) is 11.6 Å². The van der Waals surface area contributed by atoms with Gasteiger partial charge in [0.15, 0.2) is 17.5 Å². The summed E-state index contributed by atoms with van der Waals surface area (Å²) >= 11 is 0. The zero-order chi connectivity index (χ0) is 37.6. The molecule has 3 aromatic heterocycles. The molecule has 10 rings (SSSR count). The molecule has 0 N–H and O–H groups in total. The average molecular weight is 730 g/mol. The van der Waals surface area contributed by atoms with Gasteiger partial charge >= 0.3 is 0 Å². The predicted molar refractivity (Wildman–Crippen MR) is 216 cm³/mol. The molecule has 7 nitrogen and oxygen atoms in total. The highest BCUT2D eigenvalue weighted by molar-refractivity contribution is 5.88. The summed E-state index contributed by atoms with van der Waals surface area (Å²) in [5, 5.41) is 0. The molecule has 0 bridgehead atoms. The van der Waals surface area contributed by atoms with E-state index >= 15 is 0 Å². The van der Waals surface area contributed by atoms with Crippen molar-refractivity contribution in [2.24, 2.45) is 0 Å². The molecule has 9 heteroatoms. The number of halogens is 2. The van der Waals surface area contributed by atoms with Crippen molar-refractivity contribution < 1.29 is 8.78 Å². The average Bonchev–Trinajstić information content (AvgIpc) is 3.84. The van der Waals surface area contributed by atoms with E-state index in [0.29, 0.717) is 57.2 Å². The molecular formula is C47H29F2N7. The molecule has 10 aromatic rings. The summed E-state index contributed by atoms with van der Waals surface area (Å²) < 4.78 is 33.6. The van der Waals surface area contributed by atoms with Gasteiger partial charge in [0.25, 0.3) is 0 Å². The van der Waals surface area contributed by atoms with Gasteiger partial charge in [0, 0.05) is 27.8 Å². The Bertz CT molecular complexity index is 2870. The van der Waals surface area contributed by atoms with Crippen molar-refractivity contribution in [3.8, 4) is 68.3 Å². The number of hydrogen-bond acceptors (Lipinski definition) is 5. The van der Waals surface area contributed by atoms with E-state index in [4.69, 9.17) is 24.9 Å². The first-order chi connectivity index (χ1) is 27.6. The lowest BCUT2D eigenvalue weighted by atomic mass is 10.0. The molecule has 0 fully saturated rings. The van der Waals surface area contributed by atoms with E-state index in [1.165, 1.54) is 24.3 Å². The molecule has 0 atom stereocenters. The second-order valence-corrected chi connectivity index (χ2v) is 13.3. The summed E-state index contributed by atoms with van der Waals surface area (Å²) in [6.07, 6.45) is 0. The summed E-state index contributed by atoms with van der Waals surface area (Å²) in [4.78, 5) is 25.3. The number of hydrogen-bond donors (Lipinski definition) is 0. The molecule has 266 valence electrons. The van der Waals surface area contributed by atoms with Crippen LogP contribution in [0.4, 0.5) is 8.78 Å². The van der Waals surface area contributed by atoms with Crippen LogP contribution in [0.5, 0.6) is 0 Å². The van der Waals surface area contributed by atoms with E-state index in [0.717, 1.165) is 33.2 Å². The summed E-state index contributed by atoms with van der Waals surface area (Å²) in [6, 6.07) is 54.1. The van der Waals surface area contributed by atoms with Crippen LogP contribution in [0.15, 0.2) is 176 Å². The van der Waals surface area contributed by atoms with E-state index in [1.54, 1.807) is 12.1 Å². The summed E-state index contributed by atoms with van der Waals surface area (Å²) in [7, 11) is 0. The Kier molecular flexibility index (Phi) is 8.03. The standard InChI is InChI=1S/C47H29F2N7/c48-35-17-11-19-37(28-35)55-41-23-9-7-21-39(41)50-46(55)33-25-32(45-53-43(30-13-3-1-4-14-30)52-44(54-45)31-15-5-2-6-16-31)26-34(27-33)47-51-40-22-8-10-24-42(40)56(47)38-20-12-18-36(49)29-38/h1-29H. The maximum Gasteiger partial charge on any atom is 0.164 e. The van der Waals surface area contributed by atoms with E-state index in [1.807, 2.05) is 149 Å². The first-order valence-electron chi connectivity index (χ1n) is 18.1. The second kappa shape index (κ2) is 13.6. The lowest BCUT2D eigenvalue weighted by Crippen LogP contribution is -2.03. The Morgan fingerprint density at radius 3 is 1.16 bits per heavy atom. The smallest absolute Gasteiger partial charge is 0.164 e. The van der Waals surface area contributed by atoms with Gasteiger partial charge < -0.3 is 0 Å². The first kappa shape index (κ1) is 33.0. The van der Waals surface area contributed by atoms with Gasteiger partial charge in [0.1, 0.15) is 23.3 Å². The number of fused-ring (bicyclic) bond motifs is 2. The third-order valence-electron chi connectivity index (χ3n) is 9.66. The molecule has 0 aliphatic heterocycles. The van der Waals surface area contributed by atoms with Gasteiger partial charge in [-0.1, -0.05) is 97.1 Å². The fourth-order valence-corrected chi connectivity index (χ4v) is 7.14. The van der Waals surface area contributed by atoms with Crippen molar-refractivity contribution in [3.63, 3.8) is 0 Å². The van der Waals surface area contributed by atoms with Crippen LogP contribution in [-0.2, 0) is 0 Å². The highest BCUT2D eigenvalue weighted by atomic mass is 19.1. The van der Waals surface area contributed by atoms with E-state index in [2.05, 4.69) is 0 Å². The van der Waals surface area contributed by atoms with Crippen molar-refractivity contribution in [2.45, 2.75) is 0 Å². The highest BCUT2D eigenvalue weighted by Crippen LogP contribution is 2.37. The van der Waals surface area contributed by atoms with Crippen LogP contribution in [0.2, 0.25) is 0 Å². The molecule has 0 radical (unpaired) electrons. The Hall–Kier alpha value is -7.65. The van der Waals surface area contributed by atoms with E-state index in [9.17, 15) is 8.78 Å².